The summed E-state index contributed by atoms with van der Waals surface area (Å²) in [5.41, 5.74) is 0.842. The smallest absolute Gasteiger partial charge is 0.315 e. The quantitative estimate of drug-likeness (QED) is 0.564. The zero-order valence-corrected chi connectivity index (χ0v) is 15.7. The molecule has 1 aromatic carbocycles. The van der Waals surface area contributed by atoms with Gasteiger partial charge in [0.05, 0.1) is 24.2 Å². The Labute approximate surface area is 150 Å². The van der Waals surface area contributed by atoms with Gasteiger partial charge in [-0.1, -0.05) is 31.2 Å². The monoisotopic (exact) mass is 352 g/mol. The molecule has 0 bridgehead atoms. The average molecular weight is 352 g/mol. The molecule has 3 atom stereocenters. The summed E-state index contributed by atoms with van der Waals surface area (Å²) in [6, 6.07) is 7.29. The van der Waals surface area contributed by atoms with Gasteiger partial charge in [-0.3, -0.25) is 4.79 Å². The maximum atomic E-state index is 12.1. The van der Waals surface area contributed by atoms with Crippen LogP contribution in [0.25, 0.3) is 0 Å². The van der Waals surface area contributed by atoms with Crippen molar-refractivity contribution < 1.29 is 24.9 Å². The molecule has 5 heteroatoms. The fourth-order valence-corrected chi connectivity index (χ4v) is 2.83. The normalized spacial score (nSPS) is 15.5. The first-order valence-corrected chi connectivity index (χ1v) is 9.02. The number of hydrogen-bond acceptors (Lipinski definition) is 5. The van der Waals surface area contributed by atoms with Crippen LogP contribution in [-0.2, 0) is 14.9 Å². The Hall–Kier alpha value is -1.43. The van der Waals surface area contributed by atoms with Crippen LogP contribution in [-0.4, -0.2) is 40.6 Å². The van der Waals surface area contributed by atoms with Gasteiger partial charge in [0.2, 0.25) is 0 Å². The Morgan fingerprint density at radius 1 is 1.12 bits per heavy atom. The van der Waals surface area contributed by atoms with Crippen LogP contribution in [0, 0.1) is 5.92 Å². The van der Waals surface area contributed by atoms with E-state index in [1.165, 1.54) is 0 Å². The molecule has 1 rings (SSSR count). The minimum absolute atomic E-state index is 0.0889. The van der Waals surface area contributed by atoms with E-state index < -0.39 is 17.6 Å². The molecule has 0 fully saturated rings. The molecule has 0 amide bonds. The van der Waals surface area contributed by atoms with E-state index >= 15 is 0 Å². The van der Waals surface area contributed by atoms with Gasteiger partial charge >= 0.3 is 5.97 Å². The van der Waals surface area contributed by atoms with Crippen molar-refractivity contribution in [1.82, 2.24) is 0 Å². The van der Waals surface area contributed by atoms with Gasteiger partial charge in [-0.15, -0.1) is 0 Å². The molecule has 0 aliphatic heterocycles. The summed E-state index contributed by atoms with van der Waals surface area (Å²) in [4.78, 5) is 12.1. The highest BCUT2D eigenvalue weighted by molar-refractivity contribution is 5.82. The van der Waals surface area contributed by atoms with Crippen LogP contribution in [0.2, 0.25) is 0 Å². The number of hydrogen-bond donors (Lipinski definition) is 3. The lowest BCUT2D eigenvalue weighted by Gasteiger charge is -2.24. The SMILES string of the molecule is CCOC(=O)C(C)(C)c1ccc(C(O)CCC(CO)C(O)CC)cc1. The van der Waals surface area contributed by atoms with Gasteiger partial charge in [0.15, 0.2) is 0 Å². The number of aliphatic hydroxyl groups is 3. The predicted octanol–water partition coefficient (Wildman–Crippen LogP) is 2.72. The summed E-state index contributed by atoms with van der Waals surface area (Å²) in [7, 11) is 0. The molecule has 1 aromatic rings. The minimum Gasteiger partial charge on any atom is -0.465 e. The van der Waals surface area contributed by atoms with E-state index in [9.17, 15) is 20.1 Å². The number of rotatable bonds is 10. The van der Waals surface area contributed by atoms with Crippen molar-refractivity contribution >= 4 is 5.97 Å². The van der Waals surface area contributed by atoms with Gasteiger partial charge in [-0.2, -0.15) is 0 Å². The van der Waals surface area contributed by atoms with Crippen LogP contribution in [0.3, 0.4) is 0 Å². The fraction of sp³-hybridized carbons (Fsp3) is 0.650. The molecule has 0 saturated carbocycles. The molecule has 3 unspecified atom stereocenters. The number of benzene rings is 1. The molecule has 0 spiro atoms. The van der Waals surface area contributed by atoms with Crippen molar-refractivity contribution in [2.45, 2.75) is 64.6 Å². The van der Waals surface area contributed by atoms with Crippen molar-refractivity contribution in [2.24, 2.45) is 5.92 Å². The zero-order valence-electron chi connectivity index (χ0n) is 15.7. The lowest BCUT2D eigenvalue weighted by molar-refractivity contribution is -0.148. The zero-order chi connectivity index (χ0) is 19.0. The highest BCUT2D eigenvalue weighted by Crippen LogP contribution is 2.28. The first-order chi connectivity index (χ1) is 11.8. The van der Waals surface area contributed by atoms with Gasteiger partial charge in [-0.25, -0.2) is 0 Å². The van der Waals surface area contributed by atoms with Crippen molar-refractivity contribution in [2.75, 3.05) is 13.2 Å². The summed E-state index contributed by atoms with van der Waals surface area (Å²) in [6.07, 6.45) is 0.368. The van der Waals surface area contributed by atoms with Crippen LogP contribution in [0.5, 0.6) is 0 Å². The predicted molar refractivity (Wildman–Crippen MR) is 97.2 cm³/mol. The maximum absolute atomic E-state index is 12.1. The number of esters is 1. The largest absolute Gasteiger partial charge is 0.465 e. The molecular formula is C20H32O5. The second kappa shape index (κ2) is 9.90. The molecule has 142 valence electrons. The Morgan fingerprint density at radius 2 is 1.72 bits per heavy atom. The van der Waals surface area contributed by atoms with Gasteiger partial charge in [0.1, 0.15) is 0 Å². The Kier molecular flexibility index (Phi) is 8.56. The summed E-state index contributed by atoms with van der Waals surface area (Å²) in [6.45, 7) is 7.53. The topological polar surface area (TPSA) is 87.0 Å². The summed E-state index contributed by atoms with van der Waals surface area (Å²) in [5, 5.41) is 29.5. The van der Waals surface area contributed by atoms with Crippen molar-refractivity contribution in [1.29, 1.82) is 0 Å². The van der Waals surface area contributed by atoms with E-state index in [4.69, 9.17) is 4.74 Å². The van der Waals surface area contributed by atoms with E-state index in [0.717, 1.165) is 11.1 Å². The highest BCUT2D eigenvalue weighted by atomic mass is 16.5. The van der Waals surface area contributed by atoms with Gasteiger partial charge < -0.3 is 20.1 Å². The first kappa shape index (κ1) is 21.6. The van der Waals surface area contributed by atoms with E-state index in [1.54, 1.807) is 6.92 Å². The van der Waals surface area contributed by atoms with Crippen LogP contribution >= 0.6 is 0 Å². The first-order valence-electron chi connectivity index (χ1n) is 9.02. The number of carbonyl (C=O) groups excluding carboxylic acids is 1. The molecular weight excluding hydrogens is 320 g/mol. The van der Waals surface area contributed by atoms with E-state index in [2.05, 4.69) is 0 Å². The second-order valence-corrected chi connectivity index (χ2v) is 6.98. The summed E-state index contributed by atoms with van der Waals surface area (Å²) in [5.74, 6) is -0.496. The molecule has 0 aliphatic rings. The highest BCUT2D eigenvalue weighted by Gasteiger charge is 2.31. The van der Waals surface area contributed by atoms with E-state index in [-0.39, 0.29) is 18.5 Å². The van der Waals surface area contributed by atoms with Gasteiger partial charge in [0.25, 0.3) is 0 Å². The molecule has 0 radical (unpaired) electrons. The number of aliphatic hydroxyl groups excluding tert-OH is 3. The van der Waals surface area contributed by atoms with Crippen LogP contribution < -0.4 is 0 Å². The van der Waals surface area contributed by atoms with E-state index in [1.807, 2.05) is 45.0 Å². The average Bonchev–Trinajstić information content (AvgIpc) is 2.61. The van der Waals surface area contributed by atoms with Crippen molar-refractivity contribution in [3.8, 4) is 0 Å². The number of ether oxygens (including phenoxy) is 1. The van der Waals surface area contributed by atoms with Crippen LogP contribution in [0.4, 0.5) is 0 Å². The van der Waals surface area contributed by atoms with E-state index in [0.29, 0.717) is 25.9 Å². The molecule has 0 aromatic heterocycles. The van der Waals surface area contributed by atoms with Gasteiger partial charge in [0, 0.05) is 12.5 Å². The Bertz CT molecular complexity index is 523. The lowest BCUT2D eigenvalue weighted by Crippen LogP contribution is -2.31. The standard InChI is InChI=1S/C20H32O5/c1-5-17(22)15(13-21)9-12-18(23)14-7-10-16(11-8-14)20(3,4)19(24)25-6-2/h7-8,10-11,15,17-18,21-23H,5-6,9,12-13H2,1-4H3. The second-order valence-electron chi connectivity index (χ2n) is 6.98. The van der Waals surface area contributed by atoms with Crippen LogP contribution in [0.1, 0.15) is 64.2 Å². The summed E-state index contributed by atoms with van der Waals surface area (Å²) >= 11 is 0. The lowest BCUT2D eigenvalue weighted by atomic mass is 9.84. The summed E-state index contributed by atoms with van der Waals surface area (Å²) < 4.78 is 5.11. The maximum Gasteiger partial charge on any atom is 0.315 e. The third-order valence-corrected chi connectivity index (χ3v) is 4.81. The van der Waals surface area contributed by atoms with Crippen molar-refractivity contribution in [3.63, 3.8) is 0 Å². The molecule has 0 heterocycles. The number of carbonyl (C=O) groups is 1. The van der Waals surface area contributed by atoms with Gasteiger partial charge in [-0.05, 0) is 51.2 Å². The minimum atomic E-state index is -0.743. The Morgan fingerprint density at radius 3 is 2.20 bits per heavy atom. The third-order valence-electron chi connectivity index (χ3n) is 4.81. The van der Waals surface area contributed by atoms with Crippen molar-refractivity contribution in [3.05, 3.63) is 35.4 Å². The molecule has 3 N–H and O–H groups in total. The molecule has 25 heavy (non-hydrogen) atoms. The molecule has 5 nitrogen and oxygen atoms in total. The molecule has 0 saturated heterocycles. The fourth-order valence-electron chi connectivity index (χ4n) is 2.83. The third kappa shape index (κ3) is 5.80. The Balaban J connectivity index is 2.73. The molecule has 0 aliphatic carbocycles. The van der Waals surface area contributed by atoms with Crippen LogP contribution in [0.15, 0.2) is 24.3 Å².